The zero-order valence-electron chi connectivity index (χ0n) is 9.64. The van der Waals surface area contributed by atoms with Gasteiger partial charge in [-0.05, 0) is 18.4 Å². The summed E-state index contributed by atoms with van der Waals surface area (Å²) in [6.07, 6.45) is 0. The van der Waals surface area contributed by atoms with Crippen molar-refractivity contribution in [3.05, 3.63) is 12.1 Å². The summed E-state index contributed by atoms with van der Waals surface area (Å²) < 4.78 is 36.7. The van der Waals surface area contributed by atoms with Gasteiger partial charge >= 0.3 is 58.4 Å². The Labute approximate surface area is 132 Å². The molecule has 1 saturated heterocycles. The Hall–Kier alpha value is 1.19. The summed E-state index contributed by atoms with van der Waals surface area (Å²) >= 11 is 0. The molecular formula is C9H16BF3KN. The summed E-state index contributed by atoms with van der Waals surface area (Å²) in [5.74, 6) is 0.979. The first-order chi connectivity index (χ1) is 6.30. The maximum Gasteiger partial charge on any atom is 1.00 e. The fraction of sp³-hybridized carbons (Fsp3) is 0.778. The normalized spacial score (nSPS) is 27.5. The van der Waals surface area contributed by atoms with Crippen LogP contribution < -0.4 is 51.4 Å². The van der Waals surface area contributed by atoms with E-state index in [2.05, 4.69) is 20.4 Å². The molecule has 0 aromatic carbocycles. The van der Waals surface area contributed by atoms with Gasteiger partial charge in [0.15, 0.2) is 0 Å². The average molecular weight is 245 g/mol. The molecule has 1 rings (SSSR count). The smallest absolute Gasteiger partial charge is 0.445 e. The van der Waals surface area contributed by atoms with E-state index >= 15 is 0 Å². The van der Waals surface area contributed by atoms with Crippen LogP contribution in [0.4, 0.5) is 12.9 Å². The van der Waals surface area contributed by atoms with Crippen molar-refractivity contribution in [2.75, 3.05) is 19.6 Å². The average Bonchev–Trinajstić information content (AvgIpc) is 2.29. The molecule has 1 heterocycles. The van der Waals surface area contributed by atoms with Crippen LogP contribution in [0.5, 0.6) is 0 Å². The van der Waals surface area contributed by atoms with Gasteiger partial charge < -0.3 is 17.8 Å². The molecule has 0 spiro atoms. The van der Waals surface area contributed by atoms with E-state index in [1.54, 1.807) is 0 Å². The Morgan fingerprint density at radius 1 is 1.27 bits per heavy atom. The molecule has 1 aliphatic heterocycles. The molecule has 1 aliphatic rings. The van der Waals surface area contributed by atoms with Crippen molar-refractivity contribution in [3.63, 3.8) is 0 Å². The fourth-order valence-corrected chi connectivity index (χ4v) is 1.77. The molecule has 0 saturated carbocycles. The molecule has 0 radical (unpaired) electrons. The summed E-state index contributed by atoms with van der Waals surface area (Å²) in [4.78, 5) is 1.84. The summed E-state index contributed by atoms with van der Waals surface area (Å²) in [5, 5.41) is 0. The molecule has 15 heavy (non-hydrogen) atoms. The van der Waals surface area contributed by atoms with Gasteiger partial charge in [-0.3, -0.25) is 0 Å². The van der Waals surface area contributed by atoms with Gasteiger partial charge in [0, 0.05) is 13.1 Å². The first-order valence-electron chi connectivity index (χ1n) is 4.90. The minimum atomic E-state index is -4.86. The Balaban J connectivity index is 0.00000196. The van der Waals surface area contributed by atoms with Crippen LogP contribution in [0.2, 0.25) is 0 Å². The van der Waals surface area contributed by atoms with Gasteiger partial charge in [-0.1, -0.05) is 13.8 Å². The van der Waals surface area contributed by atoms with E-state index in [0.717, 1.165) is 13.1 Å². The second-order valence-electron chi connectivity index (χ2n) is 4.38. The fourth-order valence-electron chi connectivity index (χ4n) is 1.77. The van der Waals surface area contributed by atoms with E-state index in [-0.39, 0.29) is 57.9 Å². The predicted molar refractivity (Wildman–Crippen MR) is 53.0 cm³/mol. The van der Waals surface area contributed by atoms with E-state index in [9.17, 15) is 12.9 Å². The van der Waals surface area contributed by atoms with Crippen molar-refractivity contribution in [2.45, 2.75) is 13.8 Å². The third-order valence-corrected chi connectivity index (χ3v) is 2.95. The van der Waals surface area contributed by atoms with E-state index in [4.69, 9.17) is 0 Å². The standard InChI is InChI=1S/C9H16BF3N.K/c1-7-4-14(5-8(7)2)6-9(3)10(11,12)13;/h7-8H,3-6H2,1-2H3;/q-1;+1. The Bertz CT molecular complexity index is 222. The molecule has 1 fully saturated rings. The van der Waals surface area contributed by atoms with Crippen molar-refractivity contribution >= 4 is 6.98 Å². The second-order valence-corrected chi connectivity index (χ2v) is 4.38. The molecule has 0 N–H and O–H groups in total. The van der Waals surface area contributed by atoms with Crippen LogP contribution in [0, 0.1) is 11.8 Å². The Kier molecular flexibility index (Phi) is 6.71. The first-order valence-corrected chi connectivity index (χ1v) is 4.90. The zero-order valence-corrected chi connectivity index (χ0v) is 12.8. The second kappa shape index (κ2) is 6.21. The molecule has 0 aromatic heterocycles. The van der Waals surface area contributed by atoms with Crippen LogP contribution in [0.1, 0.15) is 13.8 Å². The Morgan fingerprint density at radius 3 is 2.00 bits per heavy atom. The molecule has 2 atom stereocenters. The maximum atomic E-state index is 12.2. The van der Waals surface area contributed by atoms with Crippen molar-refractivity contribution in [3.8, 4) is 0 Å². The summed E-state index contributed by atoms with van der Waals surface area (Å²) in [5.41, 5.74) is -0.577. The van der Waals surface area contributed by atoms with Gasteiger partial charge in [-0.15, -0.1) is 12.1 Å². The number of hydrogen-bond acceptors (Lipinski definition) is 1. The summed E-state index contributed by atoms with van der Waals surface area (Å²) in [6.45, 7) is 3.89. The van der Waals surface area contributed by atoms with E-state index in [1.165, 1.54) is 0 Å². The third kappa shape index (κ3) is 4.91. The van der Waals surface area contributed by atoms with Crippen LogP contribution in [-0.2, 0) is 0 Å². The van der Waals surface area contributed by atoms with Crippen molar-refractivity contribution in [2.24, 2.45) is 11.8 Å². The number of hydrogen-bond donors (Lipinski definition) is 0. The minimum absolute atomic E-state index is 0. The molecule has 2 unspecified atom stereocenters. The van der Waals surface area contributed by atoms with Crippen LogP contribution in [0.25, 0.3) is 0 Å². The molecule has 0 aromatic rings. The van der Waals surface area contributed by atoms with Crippen LogP contribution >= 0.6 is 0 Å². The number of rotatable bonds is 3. The summed E-state index contributed by atoms with van der Waals surface area (Å²) in [7, 11) is 0. The Morgan fingerprint density at radius 2 is 1.67 bits per heavy atom. The van der Waals surface area contributed by atoms with Crippen molar-refractivity contribution in [1.29, 1.82) is 0 Å². The van der Waals surface area contributed by atoms with Crippen LogP contribution in [0.15, 0.2) is 12.1 Å². The van der Waals surface area contributed by atoms with Gasteiger partial charge in [-0.2, -0.15) is 0 Å². The van der Waals surface area contributed by atoms with Crippen molar-refractivity contribution in [1.82, 2.24) is 4.90 Å². The minimum Gasteiger partial charge on any atom is -0.445 e. The van der Waals surface area contributed by atoms with E-state index in [1.807, 2.05) is 4.90 Å². The largest absolute Gasteiger partial charge is 1.00 e. The molecular weight excluding hydrogens is 229 g/mol. The molecule has 0 aliphatic carbocycles. The predicted octanol–water partition coefficient (Wildman–Crippen LogP) is -0.479. The van der Waals surface area contributed by atoms with Gasteiger partial charge in [-0.25, -0.2) is 0 Å². The topological polar surface area (TPSA) is 3.24 Å². The van der Waals surface area contributed by atoms with Gasteiger partial charge in [0.05, 0.1) is 0 Å². The van der Waals surface area contributed by atoms with Crippen LogP contribution in [0.3, 0.4) is 0 Å². The number of likely N-dealkylation sites (tertiary alicyclic amines) is 1. The molecule has 0 amide bonds. The van der Waals surface area contributed by atoms with Gasteiger partial charge in [0.2, 0.25) is 0 Å². The van der Waals surface area contributed by atoms with E-state index in [0.29, 0.717) is 11.8 Å². The maximum absolute atomic E-state index is 12.2. The number of nitrogens with zero attached hydrogens (tertiary/aromatic N) is 1. The molecule has 1 nitrogen and oxygen atoms in total. The van der Waals surface area contributed by atoms with Crippen LogP contribution in [-0.4, -0.2) is 31.5 Å². The van der Waals surface area contributed by atoms with Crippen molar-refractivity contribution < 1.29 is 64.3 Å². The van der Waals surface area contributed by atoms with Gasteiger partial charge in [0.25, 0.3) is 0 Å². The van der Waals surface area contributed by atoms with Gasteiger partial charge in [0.1, 0.15) is 0 Å². The zero-order chi connectivity index (χ0) is 10.9. The summed E-state index contributed by atoms with van der Waals surface area (Å²) in [6, 6.07) is 0. The number of halogens is 3. The van der Waals surface area contributed by atoms with E-state index < -0.39 is 12.4 Å². The molecule has 82 valence electrons. The first kappa shape index (κ1) is 16.2. The quantitative estimate of drug-likeness (QED) is 0.607. The monoisotopic (exact) mass is 245 g/mol. The third-order valence-electron chi connectivity index (χ3n) is 2.95. The molecule has 0 bridgehead atoms. The SMILES string of the molecule is C=C(CN1CC(C)C(C)C1)[B-](F)(F)F.[K+]. The molecule has 6 heteroatoms.